The average Bonchev–Trinajstić information content (AvgIpc) is 3.06. The largest absolute Gasteiger partial charge is 0.338 e. The van der Waals surface area contributed by atoms with E-state index in [4.69, 9.17) is 0 Å². The van der Waals surface area contributed by atoms with Crippen molar-refractivity contribution in [3.8, 4) is 0 Å². The number of rotatable bonds is 8. The van der Waals surface area contributed by atoms with Crippen LogP contribution in [0.15, 0.2) is 47.2 Å². The zero-order valence-electron chi connectivity index (χ0n) is 13.8. The Kier molecular flexibility index (Phi) is 7.10. The highest BCUT2D eigenvalue weighted by Gasteiger charge is 2.15. The van der Waals surface area contributed by atoms with Crippen LogP contribution in [0.25, 0.3) is 0 Å². The number of likely N-dealkylation sites (N-methyl/N-ethyl adjacent to an activating group) is 1. The molecule has 2 aromatic rings. The molecule has 124 valence electrons. The summed E-state index contributed by atoms with van der Waals surface area (Å²) in [5.41, 5.74) is 2.55. The summed E-state index contributed by atoms with van der Waals surface area (Å²) in [4.78, 5) is 14.0. The van der Waals surface area contributed by atoms with Crippen LogP contribution in [0.2, 0.25) is 0 Å². The maximum absolute atomic E-state index is 11.9. The molecule has 0 unspecified atom stereocenters. The smallest absolute Gasteiger partial charge is 0.314 e. The lowest BCUT2D eigenvalue weighted by atomic mass is 10.1. The first kappa shape index (κ1) is 17.5. The summed E-state index contributed by atoms with van der Waals surface area (Å²) >= 11 is 1.68. The first-order valence-electron chi connectivity index (χ1n) is 7.91. The summed E-state index contributed by atoms with van der Waals surface area (Å²) in [7, 11) is 4.06. The van der Waals surface area contributed by atoms with Crippen LogP contribution in [-0.2, 0) is 6.42 Å². The van der Waals surface area contributed by atoms with Crippen LogP contribution in [-0.4, -0.2) is 38.1 Å². The summed E-state index contributed by atoms with van der Waals surface area (Å²) < 4.78 is 0. The number of hydrogen-bond donors (Lipinski definition) is 2. The Hall–Kier alpha value is -1.85. The van der Waals surface area contributed by atoms with E-state index in [0.29, 0.717) is 13.1 Å². The molecule has 4 nitrogen and oxygen atoms in total. The number of benzene rings is 1. The molecule has 1 aromatic heterocycles. The molecule has 0 saturated heterocycles. The summed E-state index contributed by atoms with van der Waals surface area (Å²) in [6.45, 7) is 1.29. The highest BCUT2D eigenvalue weighted by molar-refractivity contribution is 7.07. The Morgan fingerprint density at radius 3 is 2.61 bits per heavy atom. The Bertz CT molecular complexity index is 569. The molecule has 2 N–H and O–H groups in total. The number of nitrogens with one attached hydrogen (secondary N) is 2. The fourth-order valence-corrected chi connectivity index (χ4v) is 3.16. The lowest BCUT2D eigenvalue weighted by molar-refractivity contribution is 0.233. The summed E-state index contributed by atoms with van der Waals surface area (Å²) in [5, 5.41) is 10.1. The van der Waals surface area contributed by atoms with E-state index in [-0.39, 0.29) is 12.1 Å². The molecular formula is C18H25N3OS. The number of hydrogen-bond acceptors (Lipinski definition) is 3. The first-order chi connectivity index (χ1) is 11.2. The van der Waals surface area contributed by atoms with E-state index >= 15 is 0 Å². The number of urea groups is 1. The molecule has 23 heavy (non-hydrogen) atoms. The zero-order valence-corrected chi connectivity index (χ0v) is 14.6. The molecule has 0 spiro atoms. The maximum Gasteiger partial charge on any atom is 0.314 e. The van der Waals surface area contributed by atoms with Crippen molar-refractivity contribution in [1.82, 2.24) is 15.5 Å². The van der Waals surface area contributed by atoms with Crippen molar-refractivity contribution in [3.63, 3.8) is 0 Å². The SMILES string of the molecule is CN(C)[C@H](CNC(=O)NCCCc1ccccc1)c1ccsc1. The predicted molar refractivity (Wildman–Crippen MR) is 96.9 cm³/mol. The van der Waals surface area contributed by atoms with Crippen molar-refractivity contribution in [2.24, 2.45) is 0 Å². The number of nitrogens with zero attached hydrogens (tertiary/aromatic N) is 1. The standard InChI is InChI=1S/C18H25N3OS/c1-21(2)17(16-10-12-23-14-16)13-20-18(22)19-11-6-9-15-7-4-3-5-8-15/h3-5,7-8,10,12,14,17H,6,9,11,13H2,1-2H3,(H2,19,20,22)/t17-/m1/s1. The molecule has 5 heteroatoms. The van der Waals surface area contributed by atoms with Crippen LogP contribution < -0.4 is 10.6 Å². The van der Waals surface area contributed by atoms with Crippen LogP contribution in [0, 0.1) is 0 Å². The van der Waals surface area contributed by atoms with Crippen LogP contribution in [0.5, 0.6) is 0 Å². The van der Waals surface area contributed by atoms with Gasteiger partial charge in [0.1, 0.15) is 0 Å². The van der Waals surface area contributed by atoms with Gasteiger partial charge in [0, 0.05) is 13.1 Å². The van der Waals surface area contributed by atoms with E-state index in [1.54, 1.807) is 11.3 Å². The topological polar surface area (TPSA) is 44.4 Å². The van der Waals surface area contributed by atoms with Gasteiger partial charge in [0.2, 0.25) is 0 Å². The van der Waals surface area contributed by atoms with Crippen molar-refractivity contribution >= 4 is 17.4 Å². The fraction of sp³-hybridized carbons (Fsp3) is 0.389. The number of carbonyl (C=O) groups excluding carboxylic acids is 1. The summed E-state index contributed by atoms with van der Waals surface area (Å²) in [6, 6.07) is 12.5. The Labute approximate surface area is 142 Å². The molecule has 1 atom stereocenters. The van der Waals surface area contributed by atoms with Crippen LogP contribution in [0.3, 0.4) is 0 Å². The Balaban J connectivity index is 1.66. The van der Waals surface area contributed by atoms with E-state index < -0.39 is 0 Å². The van der Waals surface area contributed by atoms with Crippen molar-refractivity contribution in [3.05, 3.63) is 58.3 Å². The van der Waals surface area contributed by atoms with Gasteiger partial charge in [-0.1, -0.05) is 30.3 Å². The second kappa shape index (κ2) is 9.33. The first-order valence-corrected chi connectivity index (χ1v) is 8.85. The minimum absolute atomic E-state index is 0.0971. The van der Waals surface area contributed by atoms with Gasteiger partial charge in [0.05, 0.1) is 6.04 Å². The van der Waals surface area contributed by atoms with Crippen LogP contribution in [0.4, 0.5) is 4.79 Å². The molecule has 0 aliphatic rings. The summed E-state index contributed by atoms with van der Waals surface area (Å²) in [5.74, 6) is 0. The highest BCUT2D eigenvalue weighted by atomic mass is 32.1. The minimum atomic E-state index is -0.0971. The second-order valence-corrected chi connectivity index (χ2v) is 6.54. The monoisotopic (exact) mass is 331 g/mol. The molecule has 1 heterocycles. The number of amides is 2. The van der Waals surface area contributed by atoms with Gasteiger partial charge in [-0.05, 0) is 54.9 Å². The van der Waals surface area contributed by atoms with Gasteiger partial charge in [0.15, 0.2) is 0 Å². The van der Waals surface area contributed by atoms with Crippen molar-refractivity contribution < 1.29 is 4.79 Å². The molecule has 0 aliphatic carbocycles. The molecule has 0 aliphatic heterocycles. The Morgan fingerprint density at radius 1 is 1.17 bits per heavy atom. The lowest BCUT2D eigenvalue weighted by Crippen LogP contribution is -2.40. The van der Waals surface area contributed by atoms with Crippen molar-refractivity contribution in [1.29, 1.82) is 0 Å². The van der Waals surface area contributed by atoms with Gasteiger partial charge >= 0.3 is 6.03 Å². The van der Waals surface area contributed by atoms with Gasteiger partial charge in [0.25, 0.3) is 0 Å². The molecule has 0 saturated carbocycles. The minimum Gasteiger partial charge on any atom is -0.338 e. The van der Waals surface area contributed by atoms with Gasteiger partial charge in [-0.3, -0.25) is 0 Å². The van der Waals surface area contributed by atoms with E-state index in [1.165, 1.54) is 11.1 Å². The highest BCUT2D eigenvalue weighted by Crippen LogP contribution is 2.19. The molecule has 0 bridgehead atoms. The normalized spacial score (nSPS) is 12.1. The third-order valence-electron chi connectivity index (χ3n) is 3.78. The van der Waals surface area contributed by atoms with Gasteiger partial charge in [-0.2, -0.15) is 11.3 Å². The van der Waals surface area contributed by atoms with Crippen LogP contribution >= 0.6 is 11.3 Å². The van der Waals surface area contributed by atoms with E-state index in [1.807, 2.05) is 32.3 Å². The molecule has 2 rings (SSSR count). The van der Waals surface area contributed by atoms with Gasteiger partial charge < -0.3 is 15.5 Å². The molecule has 0 fully saturated rings. The zero-order chi connectivity index (χ0) is 16.5. The second-order valence-electron chi connectivity index (χ2n) is 5.76. The number of aryl methyl sites for hydroxylation is 1. The van der Waals surface area contributed by atoms with Gasteiger partial charge in [-0.15, -0.1) is 0 Å². The van der Waals surface area contributed by atoms with Crippen LogP contribution in [0.1, 0.15) is 23.6 Å². The van der Waals surface area contributed by atoms with E-state index in [2.05, 4.69) is 44.5 Å². The molecule has 1 aromatic carbocycles. The third kappa shape index (κ3) is 6.04. The average molecular weight is 331 g/mol. The lowest BCUT2D eigenvalue weighted by Gasteiger charge is -2.24. The van der Waals surface area contributed by atoms with Crippen molar-refractivity contribution in [2.75, 3.05) is 27.2 Å². The molecule has 2 amide bonds. The van der Waals surface area contributed by atoms with Gasteiger partial charge in [-0.25, -0.2) is 4.79 Å². The van der Waals surface area contributed by atoms with E-state index in [0.717, 1.165) is 12.8 Å². The quantitative estimate of drug-likeness (QED) is 0.729. The third-order valence-corrected chi connectivity index (χ3v) is 4.48. The maximum atomic E-state index is 11.9. The molecular weight excluding hydrogens is 306 g/mol. The van der Waals surface area contributed by atoms with E-state index in [9.17, 15) is 4.79 Å². The summed E-state index contributed by atoms with van der Waals surface area (Å²) in [6.07, 6.45) is 1.93. The number of thiophene rings is 1. The molecule has 0 radical (unpaired) electrons. The number of carbonyl (C=O) groups is 1. The fourth-order valence-electron chi connectivity index (χ4n) is 2.45. The van der Waals surface area contributed by atoms with Crippen molar-refractivity contribution in [2.45, 2.75) is 18.9 Å². The Morgan fingerprint density at radius 2 is 1.96 bits per heavy atom. The predicted octanol–water partition coefficient (Wildman–Crippen LogP) is 3.28.